The highest BCUT2D eigenvalue weighted by Gasteiger charge is 2.21. The molecule has 0 aliphatic rings. The first kappa shape index (κ1) is 17.9. The van der Waals surface area contributed by atoms with Gasteiger partial charge in [0.1, 0.15) is 12.3 Å². The molecular formula is C19H19N3O3S. The maximum absolute atomic E-state index is 12.3. The number of rotatable bonds is 6. The average Bonchev–Trinajstić information content (AvgIpc) is 3.17. The zero-order valence-corrected chi connectivity index (χ0v) is 15.6. The lowest BCUT2D eigenvalue weighted by molar-refractivity contribution is 0.0461. The van der Waals surface area contributed by atoms with Gasteiger partial charge in [0.2, 0.25) is 0 Å². The summed E-state index contributed by atoms with van der Waals surface area (Å²) >= 11 is 1.44. The number of aromatic nitrogens is 2. The molecule has 2 N–H and O–H groups in total. The summed E-state index contributed by atoms with van der Waals surface area (Å²) in [4.78, 5) is 31.3. The third-order valence-electron chi connectivity index (χ3n) is 3.92. The molecule has 6 nitrogen and oxygen atoms in total. The number of aromatic amines is 1. The van der Waals surface area contributed by atoms with E-state index in [0.29, 0.717) is 28.2 Å². The smallest absolute Gasteiger partial charge is 0.355 e. The minimum Gasteiger partial charge on any atom is -0.454 e. The number of thiazole rings is 1. The van der Waals surface area contributed by atoms with E-state index in [0.717, 1.165) is 10.8 Å². The number of anilines is 2. The van der Waals surface area contributed by atoms with Gasteiger partial charge >= 0.3 is 5.97 Å². The highest BCUT2D eigenvalue weighted by atomic mass is 32.1. The van der Waals surface area contributed by atoms with Gasteiger partial charge in [-0.1, -0.05) is 18.2 Å². The summed E-state index contributed by atoms with van der Waals surface area (Å²) < 4.78 is 5.34. The second-order valence-electron chi connectivity index (χ2n) is 5.89. The Kier molecular flexibility index (Phi) is 5.18. The molecule has 0 spiro atoms. The van der Waals surface area contributed by atoms with E-state index >= 15 is 0 Å². The van der Waals surface area contributed by atoms with Crippen LogP contribution in [-0.2, 0) is 11.3 Å². The Morgan fingerprint density at radius 2 is 1.96 bits per heavy atom. The lowest BCUT2D eigenvalue weighted by Gasteiger charge is -2.03. The Hall–Kier alpha value is -2.93. The van der Waals surface area contributed by atoms with E-state index in [1.807, 2.05) is 35.7 Å². The normalized spacial score (nSPS) is 10.6. The van der Waals surface area contributed by atoms with Crippen molar-refractivity contribution >= 4 is 33.9 Å². The Bertz CT molecular complexity index is 944. The van der Waals surface area contributed by atoms with Crippen molar-refractivity contribution in [1.82, 2.24) is 9.97 Å². The molecule has 3 rings (SSSR count). The van der Waals surface area contributed by atoms with Crippen LogP contribution in [0.3, 0.4) is 0 Å². The van der Waals surface area contributed by atoms with Crippen LogP contribution in [0.1, 0.15) is 44.7 Å². The molecule has 0 atom stereocenters. The van der Waals surface area contributed by atoms with Crippen LogP contribution in [0.25, 0.3) is 0 Å². The van der Waals surface area contributed by atoms with Gasteiger partial charge in [-0.15, -0.1) is 11.3 Å². The molecule has 2 aromatic heterocycles. The van der Waals surface area contributed by atoms with Gasteiger partial charge < -0.3 is 15.0 Å². The van der Waals surface area contributed by atoms with Crippen LogP contribution in [0.2, 0.25) is 0 Å². The van der Waals surface area contributed by atoms with Crippen molar-refractivity contribution in [2.75, 3.05) is 5.32 Å². The number of carbonyl (C=O) groups excluding carboxylic acids is 2. The fourth-order valence-electron chi connectivity index (χ4n) is 2.77. The molecule has 3 aromatic rings. The van der Waals surface area contributed by atoms with E-state index in [4.69, 9.17) is 4.74 Å². The Balaban J connectivity index is 1.64. The summed E-state index contributed by atoms with van der Waals surface area (Å²) in [5.74, 6) is -0.574. The molecule has 134 valence electrons. The maximum atomic E-state index is 12.3. The first-order chi connectivity index (χ1) is 12.5. The second kappa shape index (κ2) is 7.53. The number of hydrogen-bond acceptors (Lipinski definition) is 6. The fraction of sp³-hybridized carbons (Fsp3) is 0.211. The molecule has 26 heavy (non-hydrogen) atoms. The van der Waals surface area contributed by atoms with Crippen LogP contribution >= 0.6 is 11.3 Å². The number of nitrogens with zero attached hydrogens (tertiary/aromatic N) is 1. The lowest BCUT2D eigenvalue weighted by Crippen LogP contribution is -2.08. The van der Waals surface area contributed by atoms with E-state index in [1.54, 1.807) is 13.8 Å². The number of ether oxygens (including phenoxy) is 1. The number of ketones is 1. The molecule has 0 aliphatic heterocycles. The molecule has 0 bridgehead atoms. The summed E-state index contributed by atoms with van der Waals surface area (Å²) in [5.41, 5.74) is 3.74. The number of hydrogen-bond donors (Lipinski definition) is 2. The van der Waals surface area contributed by atoms with E-state index in [-0.39, 0.29) is 12.4 Å². The SMILES string of the molecule is CC(=O)c1c(C)[nH]c(C(=O)OCc2csc(Nc3ccccc3)n2)c1C. The molecule has 0 saturated carbocycles. The zero-order valence-electron chi connectivity index (χ0n) is 14.8. The minimum atomic E-state index is -0.497. The van der Waals surface area contributed by atoms with Gasteiger partial charge in [-0.2, -0.15) is 0 Å². The summed E-state index contributed by atoms with van der Waals surface area (Å²) in [7, 11) is 0. The van der Waals surface area contributed by atoms with Gasteiger partial charge in [-0.25, -0.2) is 9.78 Å². The van der Waals surface area contributed by atoms with Crippen molar-refractivity contribution in [3.05, 3.63) is 63.9 Å². The number of carbonyl (C=O) groups is 2. The van der Waals surface area contributed by atoms with Gasteiger partial charge in [0.05, 0.1) is 5.69 Å². The van der Waals surface area contributed by atoms with Crippen LogP contribution in [0.15, 0.2) is 35.7 Å². The molecule has 0 aliphatic carbocycles. The van der Waals surface area contributed by atoms with Crippen molar-refractivity contribution < 1.29 is 14.3 Å². The predicted octanol–water partition coefficient (Wildman–Crippen LogP) is 4.39. The number of Topliss-reactive ketones (excluding diaryl/α,β-unsaturated/α-hetero) is 1. The minimum absolute atomic E-state index is 0.0682. The summed E-state index contributed by atoms with van der Waals surface area (Å²) in [6.07, 6.45) is 0. The quantitative estimate of drug-likeness (QED) is 0.497. The molecule has 0 amide bonds. The molecule has 0 saturated heterocycles. The van der Waals surface area contributed by atoms with Gasteiger partial charge in [0.25, 0.3) is 0 Å². The van der Waals surface area contributed by atoms with E-state index < -0.39 is 5.97 Å². The van der Waals surface area contributed by atoms with Gasteiger partial charge in [0, 0.05) is 22.3 Å². The maximum Gasteiger partial charge on any atom is 0.355 e. The molecule has 7 heteroatoms. The van der Waals surface area contributed by atoms with Gasteiger partial charge in [0.15, 0.2) is 10.9 Å². The van der Waals surface area contributed by atoms with E-state index in [2.05, 4.69) is 15.3 Å². The highest BCUT2D eigenvalue weighted by Crippen LogP contribution is 2.22. The van der Waals surface area contributed by atoms with Crippen molar-refractivity contribution in [1.29, 1.82) is 0 Å². The van der Waals surface area contributed by atoms with E-state index in [9.17, 15) is 9.59 Å². The number of nitrogens with one attached hydrogen (secondary N) is 2. The summed E-state index contributed by atoms with van der Waals surface area (Å²) in [6, 6.07) is 9.72. The Labute approximate surface area is 155 Å². The van der Waals surface area contributed by atoms with Gasteiger partial charge in [-0.3, -0.25) is 4.79 Å². The lowest BCUT2D eigenvalue weighted by atomic mass is 10.1. The first-order valence-electron chi connectivity index (χ1n) is 8.09. The molecule has 1 aromatic carbocycles. The Morgan fingerprint density at radius 1 is 1.23 bits per heavy atom. The van der Waals surface area contributed by atoms with Crippen LogP contribution < -0.4 is 5.32 Å². The van der Waals surface area contributed by atoms with Crippen molar-refractivity contribution in [3.8, 4) is 0 Å². The Morgan fingerprint density at radius 3 is 2.62 bits per heavy atom. The molecule has 2 heterocycles. The number of esters is 1. The van der Waals surface area contributed by atoms with Crippen LogP contribution in [0.4, 0.5) is 10.8 Å². The standard InChI is InChI=1S/C19H19N3O3S/c1-11-16(13(3)23)12(2)20-17(11)18(24)25-9-15-10-26-19(22-15)21-14-7-5-4-6-8-14/h4-8,10,20H,9H2,1-3H3,(H,21,22). The topological polar surface area (TPSA) is 84.1 Å². The molecular weight excluding hydrogens is 350 g/mol. The average molecular weight is 369 g/mol. The highest BCUT2D eigenvalue weighted by molar-refractivity contribution is 7.13. The zero-order chi connectivity index (χ0) is 18.7. The molecule has 0 fully saturated rings. The van der Waals surface area contributed by atoms with E-state index in [1.165, 1.54) is 18.3 Å². The third-order valence-corrected chi connectivity index (χ3v) is 4.73. The predicted molar refractivity (Wildman–Crippen MR) is 101 cm³/mol. The number of H-pyrrole nitrogens is 1. The third kappa shape index (κ3) is 3.83. The monoisotopic (exact) mass is 369 g/mol. The fourth-order valence-corrected chi connectivity index (χ4v) is 3.48. The summed E-state index contributed by atoms with van der Waals surface area (Å²) in [6.45, 7) is 5.05. The van der Waals surface area contributed by atoms with Crippen LogP contribution in [0.5, 0.6) is 0 Å². The van der Waals surface area contributed by atoms with Crippen molar-refractivity contribution in [3.63, 3.8) is 0 Å². The number of benzene rings is 1. The second-order valence-corrected chi connectivity index (χ2v) is 6.75. The molecule has 0 radical (unpaired) electrons. The van der Waals surface area contributed by atoms with Gasteiger partial charge in [-0.05, 0) is 38.5 Å². The van der Waals surface area contributed by atoms with Crippen LogP contribution in [0, 0.1) is 13.8 Å². The van der Waals surface area contributed by atoms with Crippen molar-refractivity contribution in [2.24, 2.45) is 0 Å². The van der Waals surface area contributed by atoms with Crippen molar-refractivity contribution in [2.45, 2.75) is 27.4 Å². The molecule has 0 unspecified atom stereocenters. The number of para-hydroxylation sites is 1. The van der Waals surface area contributed by atoms with Crippen LogP contribution in [-0.4, -0.2) is 21.7 Å². The number of aryl methyl sites for hydroxylation is 1. The first-order valence-corrected chi connectivity index (χ1v) is 8.97. The largest absolute Gasteiger partial charge is 0.454 e. The summed E-state index contributed by atoms with van der Waals surface area (Å²) in [5, 5.41) is 5.77.